The molecule has 1 N–H and O–H groups in total. The molecule has 0 aliphatic carbocycles. The molecule has 0 saturated heterocycles. The molecular weight excluding hydrogens is 270 g/mol. The van der Waals surface area contributed by atoms with Crippen molar-refractivity contribution < 1.29 is 4.74 Å². The molecule has 0 fully saturated rings. The maximum absolute atomic E-state index is 5.49. The summed E-state index contributed by atoms with van der Waals surface area (Å²) in [6.07, 6.45) is 2.88. The van der Waals surface area contributed by atoms with Crippen molar-refractivity contribution in [2.24, 2.45) is 0 Å². The number of methoxy groups -OCH3 is 1. The molecule has 0 saturated carbocycles. The SMILES string of the molecule is CCNC(c1ccc(CC)s1)c1c(OC)cnn1CC. The molecule has 2 rings (SSSR count). The van der Waals surface area contributed by atoms with Crippen molar-refractivity contribution in [3.8, 4) is 5.75 Å². The molecule has 0 spiro atoms. The van der Waals surface area contributed by atoms with E-state index in [1.807, 2.05) is 16.0 Å². The highest BCUT2D eigenvalue weighted by molar-refractivity contribution is 7.12. The lowest BCUT2D eigenvalue weighted by atomic mass is 10.1. The molecule has 1 unspecified atom stereocenters. The second-order valence-electron chi connectivity index (χ2n) is 4.56. The molecule has 0 amide bonds. The molecule has 4 nitrogen and oxygen atoms in total. The van der Waals surface area contributed by atoms with Gasteiger partial charge in [0.1, 0.15) is 5.69 Å². The van der Waals surface area contributed by atoms with Gasteiger partial charge in [-0.1, -0.05) is 13.8 Å². The molecule has 0 aromatic carbocycles. The second-order valence-corrected chi connectivity index (χ2v) is 5.76. The van der Waals surface area contributed by atoms with E-state index in [1.54, 1.807) is 13.3 Å². The molecule has 0 radical (unpaired) electrons. The lowest BCUT2D eigenvalue weighted by Crippen LogP contribution is -2.24. The zero-order valence-electron chi connectivity index (χ0n) is 12.6. The van der Waals surface area contributed by atoms with Gasteiger partial charge in [0, 0.05) is 16.3 Å². The van der Waals surface area contributed by atoms with Crippen molar-refractivity contribution >= 4 is 11.3 Å². The first-order valence-electron chi connectivity index (χ1n) is 7.16. The minimum atomic E-state index is 0.141. The Morgan fingerprint density at radius 2 is 2.15 bits per heavy atom. The Morgan fingerprint density at radius 3 is 2.70 bits per heavy atom. The van der Waals surface area contributed by atoms with Crippen LogP contribution in [0.25, 0.3) is 0 Å². The van der Waals surface area contributed by atoms with Gasteiger partial charge >= 0.3 is 0 Å². The largest absolute Gasteiger partial charge is 0.493 e. The van der Waals surface area contributed by atoms with E-state index < -0.39 is 0 Å². The van der Waals surface area contributed by atoms with Crippen LogP contribution in [0.3, 0.4) is 0 Å². The third-order valence-electron chi connectivity index (χ3n) is 3.36. The van der Waals surface area contributed by atoms with Crippen LogP contribution in [0.4, 0.5) is 0 Å². The van der Waals surface area contributed by atoms with Crippen molar-refractivity contribution in [1.82, 2.24) is 15.1 Å². The number of ether oxygens (including phenoxy) is 1. The van der Waals surface area contributed by atoms with E-state index in [1.165, 1.54) is 9.75 Å². The van der Waals surface area contributed by atoms with E-state index >= 15 is 0 Å². The van der Waals surface area contributed by atoms with Crippen LogP contribution in [-0.4, -0.2) is 23.4 Å². The van der Waals surface area contributed by atoms with E-state index in [0.717, 1.165) is 31.0 Å². The Labute approximate surface area is 124 Å². The summed E-state index contributed by atoms with van der Waals surface area (Å²) in [6, 6.07) is 4.56. The van der Waals surface area contributed by atoms with Crippen LogP contribution in [0.15, 0.2) is 18.3 Å². The van der Waals surface area contributed by atoms with Gasteiger partial charge in [-0.05, 0) is 32.0 Å². The number of nitrogens with zero attached hydrogens (tertiary/aromatic N) is 2. The first-order chi connectivity index (χ1) is 9.74. The fourth-order valence-electron chi connectivity index (χ4n) is 2.35. The predicted octanol–water partition coefficient (Wildman–Crippen LogP) is 3.23. The standard InChI is InChI=1S/C15H23N3OS/c1-5-11-8-9-13(20-11)14(16-6-2)15-12(19-4)10-17-18(15)7-3/h8-10,14,16H,5-7H2,1-4H3. The van der Waals surface area contributed by atoms with Crippen molar-refractivity contribution in [3.05, 3.63) is 33.8 Å². The maximum Gasteiger partial charge on any atom is 0.161 e. The zero-order chi connectivity index (χ0) is 14.5. The van der Waals surface area contributed by atoms with Gasteiger partial charge in [0.05, 0.1) is 19.3 Å². The average molecular weight is 293 g/mol. The predicted molar refractivity (Wildman–Crippen MR) is 83.7 cm³/mol. The molecule has 110 valence electrons. The number of aromatic nitrogens is 2. The summed E-state index contributed by atoms with van der Waals surface area (Å²) in [5, 5.41) is 7.98. The Hall–Kier alpha value is -1.33. The molecule has 2 aromatic rings. The highest BCUT2D eigenvalue weighted by Gasteiger charge is 2.23. The van der Waals surface area contributed by atoms with Gasteiger partial charge < -0.3 is 10.1 Å². The van der Waals surface area contributed by atoms with Crippen LogP contribution in [0, 0.1) is 0 Å². The van der Waals surface area contributed by atoms with Crippen LogP contribution in [0.2, 0.25) is 0 Å². The van der Waals surface area contributed by atoms with Crippen LogP contribution >= 0.6 is 11.3 Å². The number of nitrogens with one attached hydrogen (secondary N) is 1. The highest BCUT2D eigenvalue weighted by Crippen LogP contribution is 2.33. The van der Waals surface area contributed by atoms with Gasteiger partial charge in [-0.15, -0.1) is 11.3 Å². The smallest absolute Gasteiger partial charge is 0.161 e. The van der Waals surface area contributed by atoms with Crippen LogP contribution in [0.1, 0.15) is 42.3 Å². The van der Waals surface area contributed by atoms with Gasteiger partial charge in [-0.2, -0.15) is 5.10 Å². The Morgan fingerprint density at radius 1 is 1.35 bits per heavy atom. The van der Waals surface area contributed by atoms with Crippen LogP contribution in [-0.2, 0) is 13.0 Å². The third-order valence-corrected chi connectivity index (χ3v) is 4.66. The molecule has 0 aliphatic rings. The monoisotopic (exact) mass is 293 g/mol. The molecule has 1 atom stereocenters. The molecule has 2 aromatic heterocycles. The number of aryl methyl sites for hydroxylation is 2. The molecule has 20 heavy (non-hydrogen) atoms. The number of rotatable bonds is 7. The van der Waals surface area contributed by atoms with E-state index in [9.17, 15) is 0 Å². The van der Waals surface area contributed by atoms with Crippen molar-refractivity contribution in [2.75, 3.05) is 13.7 Å². The number of hydrogen-bond donors (Lipinski definition) is 1. The van der Waals surface area contributed by atoms with Crippen molar-refractivity contribution in [3.63, 3.8) is 0 Å². The first-order valence-corrected chi connectivity index (χ1v) is 7.98. The molecule has 0 aliphatic heterocycles. The normalized spacial score (nSPS) is 12.6. The molecular formula is C15H23N3OS. The first kappa shape index (κ1) is 15.1. The fourth-order valence-corrected chi connectivity index (χ4v) is 3.39. The summed E-state index contributed by atoms with van der Waals surface area (Å²) >= 11 is 1.86. The van der Waals surface area contributed by atoms with Gasteiger partial charge in [0.2, 0.25) is 0 Å². The summed E-state index contributed by atoms with van der Waals surface area (Å²) in [4.78, 5) is 2.72. The Kier molecular flexibility index (Phi) is 5.20. The average Bonchev–Trinajstić information content (AvgIpc) is 3.10. The minimum absolute atomic E-state index is 0.141. The number of thiophene rings is 1. The van der Waals surface area contributed by atoms with Crippen molar-refractivity contribution in [1.29, 1.82) is 0 Å². The summed E-state index contributed by atoms with van der Waals surface area (Å²) in [5.74, 6) is 0.851. The van der Waals surface area contributed by atoms with E-state index in [2.05, 4.69) is 43.3 Å². The van der Waals surface area contributed by atoms with Gasteiger partial charge in [-0.3, -0.25) is 4.68 Å². The van der Waals surface area contributed by atoms with Crippen LogP contribution < -0.4 is 10.1 Å². The quantitative estimate of drug-likeness (QED) is 0.852. The van der Waals surface area contributed by atoms with Gasteiger partial charge in [-0.25, -0.2) is 0 Å². The minimum Gasteiger partial charge on any atom is -0.493 e. The second kappa shape index (κ2) is 6.90. The summed E-state index contributed by atoms with van der Waals surface area (Å²) in [7, 11) is 1.70. The molecule has 5 heteroatoms. The summed E-state index contributed by atoms with van der Waals surface area (Å²) < 4.78 is 7.50. The van der Waals surface area contributed by atoms with E-state index in [4.69, 9.17) is 4.74 Å². The number of hydrogen-bond acceptors (Lipinski definition) is 4. The maximum atomic E-state index is 5.49. The van der Waals surface area contributed by atoms with Gasteiger partial charge in [0.25, 0.3) is 0 Å². The highest BCUT2D eigenvalue weighted by atomic mass is 32.1. The topological polar surface area (TPSA) is 39.1 Å². The molecule has 2 heterocycles. The van der Waals surface area contributed by atoms with E-state index in [0.29, 0.717) is 0 Å². The van der Waals surface area contributed by atoms with Crippen molar-refractivity contribution in [2.45, 2.75) is 39.8 Å². The zero-order valence-corrected chi connectivity index (χ0v) is 13.5. The molecule has 0 bridgehead atoms. The van der Waals surface area contributed by atoms with Crippen LogP contribution in [0.5, 0.6) is 5.75 Å². The lowest BCUT2D eigenvalue weighted by Gasteiger charge is -2.19. The Balaban J connectivity index is 2.44. The fraction of sp³-hybridized carbons (Fsp3) is 0.533. The summed E-state index contributed by atoms with van der Waals surface area (Å²) in [5.41, 5.74) is 1.11. The third kappa shape index (κ3) is 2.88. The van der Waals surface area contributed by atoms with E-state index in [-0.39, 0.29) is 6.04 Å². The van der Waals surface area contributed by atoms with Gasteiger partial charge in [0.15, 0.2) is 5.75 Å². The Bertz CT molecular complexity index is 526. The lowest BCUT2D eigenvalue weighted by molar-refractivity contribution is 0.400. The summed E-state index contributed by atoms with van der Waals surface area (Å²) in [6.45, 7) is 8.16.